The molecular formula is C8H18N4. The molecular weight excluding hydrogens is 152 g/mol. The first-order valence-electron chi connectivity index (χ1n) is 4.58. The van der Waals surface area contributed by atoms with Crippen LogP contribution >= 0.6 is 0 Å². The largest absolute Gasteiger partial charge is 0.304 e. The van der Waals surface area contributed by atoms with Gasteiger partial charge >= 0.3 is 0 Å². The highest BCUT2D eigenvalue weighted by molar-refractivity contribution is 4.56. The molecule has 0 radical (unpaired) electrons. The first-order valence-corrected chi connectivity index (χ1v) is 4.58. The van der Waals surface area contributed by atoms with Gasteiger partial charge in [-0.05, 0) is 38.0 Å². The lowest BCUT2D eigenvalue weighted by molar-refractivity contribution is 0.287. The van der Waals surface area contributed by atoms with E-state index in [1.807, 2.05) is 0 Å². The van der Waals surface area contributed by atoms with Crippen molar-refractivity contribution in [1.82, 2.24) is 4.90 Å². The van der Waals surface area contributed by atoms with E-state index in [1.54, 1.807) is 0 Å². The normalized spacial score (nSPS) is 9.92. The van der Waals surface area contributed by atoms with Crippen molar-refractivity contribution in [3.63, 3.8) is 0 Å². The van der Waals surface area contributed by atoms with E-state index in [2.05, 4.69) is 28.8 Å². The molecule has 0 rings (SSSR count). The zero-order chi connectivity index (χ0) is 9.23. The zero-order valence-corrected chi connectivity index (χ0v) is 8.03. The van der Waals surface area contributed by atoms with E-state index in [4.69, 9.17) is 5.53 Å². The maximum atomic E-state index is 8.04. The third kappa shape index (κ3) is 6.01. The second-order valence-corrected chi connectivity index (χ2v) is 2.74. The summed E-state index contributed by atoms with van der Waals surface area (Å²) in [5.74, 6) is 0. The van der Waals surface area contributed by atoms with Crippen molar-refractivity contribution in [1.29, 1.82) is 0 Å². The second-order valence-electron chi connectivity index (χ2n) is 2.74. The van der Waals surface area contributed by atoms with Crippen LogP contribution < -0.4 is 0 Å². The highest BCUT2D eigenvalue weighted by Gasteiger charge is 1.98. The molecule has 0 aromatic rings. The molecule has 0 saturated heterocycles. The Morgan fingerprint density at radius 3 is 2.58 bits per heavy atom. The lowest BCUT2D eigenvalue weighted by Gasteiger charge is -2.18. The van der Waals surface area contributed by atoms with Crippen molar-refractivity contribution in [2.75, 3.05) is 26.2 Å². The molecule has 12 heavy (non-hydrogen) atoms. The molecule has 0 fully saturated rings. The number of rotatable bonds is 7. The molecule has 0 bridgehead atoms. The molecule has 4 heteroatoms. The van der Waals surface area contributed by atoms with Gasteiger partial charge in [-0.15, -0.1) is 0 Å². The van der Waals surface area contributed by atoms with Crippen LogP contribution in [0.3, 0.4) is 0 Å². The first kappa shape index (κ1) is 11.3. The number of hydrogen-bond donors (Lipinski definition) is 0. The van der Waals surface area contributed by atoms with Crippen molar-refractivity contribution >= 4 is 0 Å². The third-order valence-corrected chi connectivity index (χ3v) is 1.78. The minimum atomic E-state index is 0.622. The molecule has 0 N–H and O–H groups in total. The molecule has 0 heterocycles. The van der Waals surface area contributed by atoms with Gasteiger partial charge in [0.05, 0.1) is 0 Å². The van der Waals surface area contributed by atoms with Crippen molar-refractivity contribution in [3.05, 3.63) is 10.4 Å². The molecule has 0 aliphatic heterocycles. The predicted molar refractivity (Wildman–Crippen MR) is 51.0 cm³/mol. The van der Waals surface area contributed by atoms with Gasteiger partial charge in [-0.3, -0.25) is 0 Å². The van der Waals surface area contributed by atoms with Gasteiger partial charge in [-0.25, -0.2) is 0 Å². The topological polar surface area (TPSA) is 52.0 Å². The Kier molecular flexibility index (Phi) is 7.86. The van der Waals surface area contributed by atoms with Gasteiger partial charge in [0.2, 0.25) is 0 Å². The van der Waals surface area contributed by atoms with Gasteiger partial charge < -0.3 is 4.90 Å². The van der Waals surface area contributed by atoms with E-state index in [1.165, 1.54) is 6.42 Å². The molecule has 0 aliphatic rings. The lowest BCUT2D eigenvalue weighted by Crippen LogP contribution is -2.25. The highest BCUT2D eigenvalue weighted by atomic mass is 15.1. The second kappa shape index (κ2) is 8.37. The van der Waals surface area contributed by atoms with Gasteiger partial charge in [0.25, 0.3) is 0 Å². The lowest BCUT2D eigenvalue weighted by atomic mass is 10.3. The maximum absolute atomic E-state index is 8.04. The van der Waals surface area contributed by atoms with Gasteiger partial charge in [0.15, 0.2) is 0 Å². The standard InChI is InChI=1S/C8H18N4/c1-3-7-12(4-2)8-5-6-10-11-9/h3-8H2,1-2H3. The zero-order valence-electron chi connectivity index (χ0n) is 8.03. The van der Waals surface area contributed by atoms with Crippen LogP contribution in [0.2, 0.25) is 0 Å². The molecule has 0 unspecified atom stereocenters. The van der Waals surface area contributed by atoms with Crippen LogP contribution in [0.4, 0.5) is 0 Å². The summed E-state index contributed by atoms with van der Waals surface area (Å²) in [6, 6.07) is 0. The van der Waals surface area contributed by atoms with Crippen LogP contribution in [0.15, 0.2) is 5.11 Å². The van der Waals surface area contributed by atoms with Crippen LogP contribution in [0, 0.1) is 0 Å². The van der Waals surface area contributed by atoms with E-state index in [0.29, 0.717) is 6.54 Å². The predicted octanol–water partition coefficient (Wildman–Crippen LogP) is 2.42. The van der Waals surface area contributed by atoms with E-state index >= 15 is 0 Å². The smallest absolute Gasteiger partial charge is 0.0270 e. The Morgan fingerprint density at radius 1 is 1.33 bits per heavy atom. The summed E-state index contributed by atoms with van der Waals surface area (Å²) < 4.78 is 0. The SMILES string of the molecule is CCCN(CC)CCCN=[N+]=[N-]. The Labute approximate surface area is 74.2 Å². The molecule has 0 aromatic carbocycles. The van der Waals surface area contributed by atoms with Crippen molar-refractivity contribution < 1.29 is 0 Å². The van der Waals surface area contributed by atoms with Crippen molar-refractivity contribution in [2.24, 2.45) is 5.11 Å². The molecule has 0 aromatic heterocycles. The van der Waals surface area contributed by atoms with Crippen LogP contribution in [0.25, 0.3) is 10.4 Å². The quantitative estimate of drug-likeness (QED) is 0.250. The molecule has 0 atom stereocenters. The molecule has 4 nitrogen and oxygen atoms in total. The van der Waals surface area contributed by atoms with Gasteiger partial charge in [0.1, 0.15) is 0 Å². The monoisotopic (exact) mass is 170 g/mol. The Morgan fingerprint density at radius 2 is 2.08 bits per heavy atom. The fourth-order valence-corrected chi connectivity index (χ4v) is 1.15. The number of azide groups is 1. The molecule has 0 amide bonds. The van der Waals surface area contributed by atoms with Crippen LogP contribution in [-0.2, 0) is 0 Å². The van der Waals surface area contributed by atoms with Gasteiger partial charge in [-0.2, -0.15) is 0 Å². The summed E-state index contributed by atoms with van der Waals surface area (Å²) >= 11 is 0. The van der Waals surface area contributed by atoms with Crippen molar-refractivity contribution in [2.45, 2.75) is 26.7 Å². The molecule has 0 aliphatic carbocycles. The summed E-state index contributed by atoms with van der Waals surface area (Å²) in [6.07, 6.45) is 2.16. The fourth-order valence-electron chi connectivity index (χ4n) is 1.15. The Balaban J connectivity index is 3.36. The average molecular weight is 170 g/mol. The van der Waals surface area contributed by atoms with Crippen LogP contribution in [-0.4, -0.2) is 31.1 Å². The number of nitrogens with zero attached hydrogens (tertiary/aromatic N) is 4. The summed E-state index contributed by atoms with van der Waals surface area (Å²) in [7, 11) is 0. The minimum Gasteiger partial charge on any atom is -0.304 e. The molecule has 0 saturated carbocycles. The van der Waals surface area contributed by atoms with Crippen LogP contribution in [0.5, 0.6) is 0 Å². The summed E-state index contributed by atoms with van der Waals surface area (Å²) in [4.78, 5) is 5.08. The van der Waals surface area contributed by atoms with E-state index in [9.17, 15) is 0 Å². The average Bonchev–Trinajstić information content (AvgIpc) is 2.10. The van der Waals surface area contributed by atoms with Crippen molar-refractivity contribution in [3.8, 4) is 0 Å². The Hall–Kier alpha value is -0.730. The minimum absolute atomic E-state index is 0.622. The summed E-state index contributed by atoms with van der Waals surface area (Å²) in [5, 5.41) is 3.49. The third-order valence-electron chi connectivity index (χ3n) is 1.78. The number of hydrogen-bond acceptors (Lipinski definition) is 2. The summed E-state index contributed by atoms with van der Waals surface area (Å²) in [6.45, 7) is 8.23. The summed E-state index contributed by atoms with van der Waals surface area (Å²) in [5.41, 5.74) is 8.04. The fraction of sp³-hybridized carbons (Fsp3) is 1.00. The molecule has 0 spiro atoms. The van der Waals surface area contributed by atoms with E-state index in [-0.39, 0.29) is 0 Å². The van der Waals surface area contributed by atoms with Gasteiger partial charge in [0, 0.05) is 11.5 Å². The maximum Gasteiger partial charge on any atom is 0.0270 e. The van der Waals surface area contributed by atoms with Crippen LogP contribution in [0.1, 0.15) is 26.7 Å². The molecule has 70 valence electrons. The van der Waals surface area contributed by atoms with E-state index in [0.717, 1.165) is 26.1 Å². The van der Waals surface area contributed by atoms with E-state index < -0.39 is 0 Å². The first-order chi connectivity index (χ1) is 5.85. The van der Waals surface area contributed by atoms with Gasteiger partial charge in [-0.1, -0.05) is 19.0 Å². The Bertz CT molecular complexity index is 140. The highest BCUT2D eigenvalue weighted by Crippen LogP contribution is 1.93.